The van der Waals surface area contributed by atoms with E-state index in [4.69, 9.17) is 0 Å². The normalized spacial score (nSPS) is 15.6. The molecule has 2 aromatic rings. The van der Waals surface area contributed by atoms with E-state index in [1.807, 2.05) is 24.3 Å². The van der Waals surface area contributed by atoms with Crippen molar-refractivity contribution in [1.29, 1.82) is 0 Å². The van der Waals surface area contributed by atoms with Crippen molar-refractivity contribution < 1.29 is 19.2 Å². The standard InChI is InChI=1S/C19H23N5O4/c1-19(2)17(27)24(18(28)21-19)9-5-8-15(25)22-23-16(26)10-12-11-20-14-7-4-3-6-13(12)14/h3-4,6-7,11,20H,5,8-10H2,1-2H3,(H,21,28)(H,22,25)(H,23,26). The smallest absolute Gasteiger partial charge is 0.325 e. The van der Waals surface area contributed by atoms with Gasteiger partial charge >= 0.3 is 6.03 Å². The first kappa shape index (κ1) is 19.4. The summed E-state index contributed by atoms with van der Waals surface area (Å²) >= 11 is 0. The van der Waals surface area contributed by atoms with Crippen LogP contribution < -0.4 is 16.2 Å². The molecule has 3 rings (SSSR count). The SMILES string of the molecule is CC1(C)NC(=O)N(CCCC(=O)NNC(=O)Cc2c[nH]c3ccccc23)C1=O. The van der Waals surface area contributed by atoms with Gasteiger partial charge in [0.15, 0.2) is 0 Å². The number of hydrogen-bond donors (Lipinski definition) is 4. The van der Waals surface area contributed by atoms with Crippen LogP contribution in [-0.2, 0) is 20.8 Å². The van der Waals surface area contributed by atoms with Gasteiger partial charge in [0, 0.05) is 30.1 Å². The fourth-order valence-corrected chi connectivity index (χ4v) is 3.12. The number of carbonyl (C=O) groups is 4. The second-order valence-electron chi connectivity index (χ2n) is 7.25. The summed E-state index contributed by atoms with van der Waals surface area (Å²) in [4.78, 5) is 52.0. The monoisotopic (exact) mass is 385 g/mol. The second kappa shape index (κ2) is 7.71. The van der Waals surface area contributed by atoms with Gasteiger partial charge in [-0.15, -0.1) is 0 Å². The number of nitrogens with zero attached hydrogens (tertiary/aromatic N) is 1. The van der Waals surface area contributed by atoms with Gasteiger partial charge in [-0.3, -0.25) is 30.1 Å². The van der Waals surface area contributed by atoms with E-state index < -0.39 is 17.5 Å². The molecule has 2 heterocycles. The van der Waals surface area contributed by atoms with Crippen molar-refractivity contribution in [3.8, 4) is 0 Å². The van der Waals surface area contributed by atoms with Crippen LogP contribution >= 0.6 is 0 Å². The first-order valence-corrected chi connectivity index (χ1v) is 9.05. The van der Waals surface area contributed by atoms with E-state index in [0.29, 0.717) is 6.42 Å². The summed E-state index contributed by atoms with van der Waals surface area (Å²) in [7, 11) is 0. The molecule has 0 aliphatic carbocycles. The lowest BCUT2D eigenvalue weighted by Gasteiger charge is -2.15. The molecule has 0 saturated carbocycles. The Morgan fingerprint density at radius 1 is 1.11 bits per heavy atom. The maximum absolute atomic E-state index is 12.1. The first-order chi connectivity index (χ1) is 13.3. The molecule has 28 heavy (non-hydrogen) atoms. The molecule has 1 aliphatic heterocycles. The molecule has 0 unspecified atom stereocenters. The highest BCUT2D eigenvalue weighted by Gasteiger charge is 2.43. The molecule has 1 aromatic heterocycles. The molecule has 0 radical (unpaired) electrons. The second-order valence-corrected chi connectivity index (χ2v) is 7.25. The quantitative estimate of drug-likeness (QED) is 0.437. The molecule has 0 bridgehead atoms. The maximum Gasteiger partial charge on any atom is 0.325 e. The Morgan fingerprint density at radius 2 is 1.82 bits per heavy atom. The van der Waals surface area contributed by atoms with Gasteiger partial charge in [-0.05, 0) is 31.9 Å². The number of benzene rings is 1. The van der Waals surface area contributed by atoms with Crippen LogP contribution in [0, 0.1) is 0 Å². The Hall–Kier alpha value is -3.36. The van der Waals surface area contributed by atoms with E-state index in [9.17, 15) is 19.2 Å². The van der Waals surface area contributed by atoms with E-state index in [1.165, 1.54) is 0 Å². The zero-order chi connectivity index (χ0) is 20.3. The summed E-state index contributed by atoms with van der Waals surface area (Å²) in [5.74, 6) is -1.04. The minimum atomic E-state index is -0.921. The van der Waals surface area contributed by atoms with Gasteiger partial charge in [-0.25, -0.2) is 4.79 Å². The van der Waals surface area contributed by atoms with E-state index in [2.05, 4.69) is 21.2 Å². The van der Waals surface area contributed by atoms with Gasteiger partial charge in [0.25, 0.3) is 5.91 Å². The Labute approximate surface area is 161 Å². The van der Waals surface area contributed by atoms with Crippen molar-refractivity contribution in [2.24, 2.45) is 0 Å². The predicted octanol–water partition coefficient (Wildman–Crippen LogP) is 0.968. The Bertz CT molecular complexity index is 933. The fraction of sp³-hybridized carbons (Fsp3) is 0.368. The summed E-state index contributed by atoms with van der Waals surface area (Å²) in [5.41, 5.74) is 5.59. The molecule has 148 valence electrons. The lowest BCUT2D eigenvalue weighted by molar-refractivity contribution is -0.131. The van der Waals surface area contributed by atoms with Crippen LogP contribution in [0.15, 0.2) is 30.5 Å². The number of H-pyrrole nitrogens is 1. The molecular weight excluding hydrogens is 362 g/mol. The van der Waals surface area contributed by atoms with Crippen LogP contribution in [0.1, 0.15) is 32.3 Å². The van der Waals surface area contributed by atoms with Crippen molar-refractivity contribution >= 4 is 34.7 Å². The molecular formula is C19H23N5O4. The summed E-state index contributed by atoms with van der Waals surface area (Å²) in [6.45, 7) is 3.40. The summed E-state index contributed by atoms with van der Waals surface area (Å²) in [6.07, 6.45) is 2.28. The number of urea groups is 1. The lowest BCUT2D eigenvalue weighted by atomic mass is 10.1. The molecule has 1 aliphatic rings. The van der Waals surface area contributed by atoms with Gasteiger partial charge in [0.1, 0.15) is 5.54 Å². The molecule has 0 atom stereocenters. The van der Waals surface area contributed by atoms with Gasteiger partial charge < -0.3 is 10.3 Å². The third-order valence-corrected chi connectivity index (χ3v) is 4.60. The Morgan fingerprint density at radius 3 is 2.54 bits per heavy atom. The number of amides is 5. The largest absolute Gasteiger partial charge is 0.361 e. The summed E-state index contributed by atoms with van der Waals surface area (Å²) < 4.78 is 0. The van der Waals surface area contributed by atoms with Crippen molar-refractivity contribution in [1.82, 2.24) is 26.1 Å². The fourth-order valence-electron chi connectivity index (χ4n) is 3.12. The number of hydrogen-bond acceptors (Lipinski definition) is 4. The third kappa shape index (κ3) is 4.13. The highest BCUT2D eigenvalue weighted by Crippen LogP contribution is 2.18. The number of rotatable bonds is 6. The molecule has 4 N–H and O–H groups in total. The van der Waals surface area contributed by atoms with Crippen LogP contribution in [0.2, 0.25) is 0 Å². The Balaban J connectivity index is 1.40. The van der Waals surface area contributed by atoms with E-state index in [0.717, 1.165) is 21.4 Å². The molecule has 9 nitrogen and oxygen atoms in total. The molecule has 1 saturated heterocycles. The topological polar surface area (TPSA) is 123 Å². The zero-order valence-electron chi connectivity index (χ0n) is 15.8. The highest BCUT2D eigenvalue weighted by molar-refractivity contribution is 6.06. The van der Waals surface area contributed by atoms with Crippen molar-refractivity contribution in [2.75, 3.05) is 6.54 Å². The number of fused-ring (bicyclic) bond motifs is 1. The minimum Gasteiger partial charge on any atom is -0.361 e. The summed E-state index contributed by atoms with van der Waals surface area (Å²) in [6, 6.07) is 7.19. The molecule has 1 aromatic carbocycles. The average molecular weight is 385 g/mol. The van der Waals surface area contributed by atoms with Crippen molar-refractivity contribution in [3.05, 3.63) is 36.0 Å². The number of carbonyl (C=O) groups excluding carboxylic acids is 4. The zero-order valence-corrected chi connectivity index (χ0v) is 15.8. The van der Waals surface area contributed by atoms with E-state index in [1.54, 1.807) is 20.0 Å². The van der Waals surface area contributed by atoms with Crippen LogP contribution in [0.4, 0.5) is 4.79 Å². The van der Waals surface area contributed by atoms with Crippen LogP contribution in [0.25, 0.3) is 10.9 Å². The number of aromatic amines is 1. The van der Waals surface area contributed by atoms with Gasteiger partial charge in [0.2, 0.25) is 11.8 Å². The number of aromatic nitrogens is 1. The van der Waals surface area contributed by atoms with Crippen molar-refractivity contribution in [3.63, 3.8) is 0 Å². The number of para-hydroxylation sites is 1. The highest BCUT2D eigenvalue weighted by atomic mass is 16.2. The molecule has 9 heteroatoms. The van der Waals surface area contributed by atoms with E-state index in [-0.39, 0.29) is 31.2 Å². The van der Waals surface area contributed by atoms with Crippen molar-refractivity contribution in [2.45, 2.75) is 38.6 Å². The van der Waals surface area contributed by atoms with Gasteiger partial charge in [-0.2, -0.15) is 0 Å². The number of imide groups is 1. The van der Waals surface area contributed by atoms with Crippen LogP contribution in [0.3, 0.4) is 0 Å². The molecule has 0 spiro atoms. The predicted molar refractivity (Wildman–Crippen MR) is 102 cm³/mol. The number of hydrazine groups is 1. The van der Waals surface area contributed by atoms with Gasteiger partial charge in [0.05, 0.1) is 6.42 Å². The minimum absolute atomic E-state index is 0.0743. The van der Waals surface area contributed by atoms with Crippen LogP contribution in [-0.4, -0.2) is 45.7 Å². The third-order valence-electron chi connectivity index (χ3n) is 4.60. The first-order valence-electron chi connectivity index (χ1n) is 9.05. The van der Waals surface area contributed by atoms with Gasteiger partial charge in [-0.1, -0.05) is 18.2 Å². The maximum atomic E-state index is 12.1. The van der Waals surface area contributed by atoms with E-state index >= 15 is 0 Å². The van der Waals surface area contributed by atoms with Crippen LogP contribution in [0.5, 0.6) is 0 Å². The molecule has 5 amide bonds. The Kier molecular flexibility index (Phi) is 5.34. The average Bonchev–Trinajstić information content (AvgIpc) is 3.13. The summed E-state index contributed by atoms with van der Waals surface area (Å²) in [5, 5.41) is 3.54. The lowest BCUT2D eigenvalue weighted by Crippen LogP contribution is -2.42. The molecule has 1 fully saturated rings. The number of nitrogens with one attached hydrogen (secondary N) is 4.